The number of nitrogens with one attached hydrogen (secondary N) is 2. The molecule has 0 aliphatic carbocycles. The van der Waals surface area contributed by atoms with Gasteiger partial charge in [-0.15, -0.1) is 0 Å². The summed E-state index contributed by atoms with van der Waals surface area (Å²) in [5, 5.41) is 9.70. The molecule has 27 heavy (non-hydrogen) atoms. The van der Waals surface area contributed by atoms with Gasteiger partial charge in [0.05, 0.1) is 0 Å². The van der Waals surface area contributed by atoms with Crippen molar-refractivity contribution >= 4 is 17.5 Å². The summed E-state index contributed by atoms with van der Waals surface area (Å²) in [4.78, 5) is 28.0. The smallest absolute Gasteiger partial charge is 0.251 e. The average molecular weight is 363 g/mol. The molecule has 0 aliphatic rings. The predicted octanol–water partition coefficient (Wildman–Crippen LogP) is 2.63. The largest absolute Gasteiger partial charge is 0.348 e. The second kappa shape index (κ2) is 9.28. The Bertz CT molecular complexity index is 861. The quantitative estimate of drug-likeness (QED) is 0.644. The monoisotopic (exact) mass is 363 g/mol. The second-order valence-electron chi connectivity index (χ2n) is 6.06. The minimum absolute atomic E-state index is 0.0728. The van der Waals surface area contributed by atoms with Crippen LogP contribution in [0.5, 0.6) is 0 Å². The molecular weight excluding hydrogens is 342 g/mol. The lowest BCUT2D eigenvalue weighted by molar-refractivity contribution is -0.116. The van der Waals surface area contributed by atoms with Crippen LogP contribution in [0.4, 0.5) is 5.69 Å². The highest BCUT2D eigenvalue weighted by Crippen LogP contribution is 2.11. The summed E-state index contributed by atoms with van der Waals surface area (Å²) in [6.07, 6.45) is 4.16. The summed E-state index contributed by atoms with van der Waals surface area (Å²) in [5.74, 6) is -0.221. The van der Waals surface area contributed by atoms with Crippen molar-refractivity contribution in [1.29, 1.82) is 0 Å². The van der Waals surface area contributed by atoms with Crippen molar-refractivity contribution in [3.8, 4) is 0 Å². The summed E-state index contributed by atoms with van der Waals surface area (Å²) in [7, 11) is 0. The Morgan fingerprint density at radius 2 is 1.78 bits per heavy atom. The van der Waals surface area contributed by atoms with Crippen LogP contribution in [0.2, 0.25) is 0 Å². The van der Waals surface area contributed by atoms with E-state index in [9.17, 15) is 9.59 Å². The van der Waals surface area contributed by atoms with Gasteiger partial charge in [-0.2, -0.15) is 5.10 Å². The van der Waals surface area contributed by atoms with Gasteiger partial charge >= 0.3 is 0 Å². The van der Waals surface area contributed by atoms with Gasteiger partial charge in [0.1, 0.15) is 12.7 Å². The van der Waals surface area contributed by atoms with E-state index in [1.807, 2.05) is 30.3 Å². The van der Waals surface area contributed by atoms with Gasteiger partial charge < -0.3 is 10.6 Å². The van der Waals surface area contributed by atoms with Crippen LogP contribution in [0, 0.1) is 0 Å². The molecule has 0 atom stereocenters. The highest BCUT2D eigenvalue weighted by molar-refractivity contribution is 5.95. The maximum atomic E-state index is 12.2. The minimum atomic E-state index is -0.149. The molecular formula is C20H21N5O2. The number of aromatic nitrogens is 3. The lowest BCUT2D eigenvalue weighted by Gasteiger charge is -2.08. The molecule has 0 unspecified atom stereocenters. The molecule has 0 radical (unpaired) electrons. The number of anilines is 1. The number of benzene rings is 2. The summed E-state index contributed by atoms with van der Waals surface area (Å²) >= 11 is 0. The van der Waals surface area contributed by atoms with Gasteiger partial charge in [-0.05, 0) is 36.2 Å². The first-order valence-corrected chi connectivity index (χ1v) is 8.75. The van der Waals surface area contributed by atoms with E-state index in [0.29, 0.717) is 37.2 Å². The summed E-state index contributed by atoms with van der Waals surface area (Å²) in [6.45, 7) is 1.12. The molecule has 0 saturated heterocycles. The van der Waals surface area contributed by atoms with Gasteiger partial charge in [-0.3, -0.25) is 14.3 Å². The van der Waals surface area contributed by atoms with Crippen LogP contribution < -0.4 is 10.6 Å². The molecule has 7 nitrogen and oxygen atoms in total. The number of aryl methyl sites for hydroxylation is 1. The van der Waals surface area contributed by atoms with Crippen molar-refractivity contribution in [2.75, 3.05) is 5.32 Å². The van der Waals surface area contributed by atoms with E-state index in [2.05, 4.69) is 20.7 Å². The molecule has 3 rings (SSSR count). The van der Waals surface area contributed by atoms with Crippen LogP contribution in [-0.2, 0) is 17.9 Å². The van der Waals surface area contributed by atoms with Crippen molar-refractivity contribution in [2.45, 2.75) is 25.9 Å². The minimum Gasteiger partial charge on any atom is -0.348 e. The van der Waals surface area contributed by atoms with Gasteiger partial charge in [0.2, 0.25) is 5.91 Å². The van der Waals surface area contributed by atoms with E-state index in [0.717, 1.165) is 5.56 Å². The molecule has 1 heterocycles. The predicted molar refractivity (Wildman–Crippen MR) is 102 cm³/mol. The highest BCUT2D eigenvalue weighted by Gasteiger charge is 2.07. The number of amides is 2. The summed E-state index contributed by atoms with van der Waals surface area (Å²) in [5.41, 5.74) is 2.26. The van der Waals surface area contributed by atoms with Crippen molar-refractivity contribution < 1.29 is 9.59 Å². The molecule has 3 aromatic rings. The maximum absolute atomic E-state index is 12.2. The third kappa shape index (κ3) is 5.78. The molecule has 0 spiro atoms. The lowest BCUT2D eigenvalue weighted by Crippen LogP contribution is -2.22. The zero-order valence-electron chi connectivity index (χ0n) is 14.8. The van der Waals surface area contributed by atoms with E-state index in [1.165, 1.54) is 6.33 Å². The number of rotatable bonds is 8. The normalized spacial score (nSPS) is 10.4. The zero-order valence-corrected chi connectivity index (χ0v) is 14.8. The number of hydrogen-bond donors (Lipinski definition) is 2. The lowest BCUT2D eigenvalue weighted by atomic mass is 10.1. The Morgan fingerprint density at radius 3 is 2.48 bits per heavy atom. The number of hydrogen-bond acceptors (Lipinski definition) is 4. The molecule has 2 aromatic carbocycles. The fourth-order valence-corrected chi connectivity index (χ4v) is 2.56. The van der Waals surface area contributed by atoms with Crippen molar-refractivity contribution in [3.63, 3.8) is 0 Å². The van der Waals surface area contributed by atoms with Gasteiger partial charge in [-0.25, -0.2) is 4.98 Å². The molecule has 2 N–H and O–H groups in total. The van der Waals surface area contributed by atoms with Crippen molar-refractivity contribution in [2.24, 2.45) is 0 Å². The van der Waals surface area contributed by atoms with Crippen molar-refractivity contribution in [3.05, 3.63) is 78.4 Å². The van der Waals surface area contributed by atoms with Crippen LogP contribution >= 0.6 is 0 Å². The third-order valence-electron chi connectivity index (χ3n) is 3.98. The molecule has 2 amide bonds. The Labute approximate surface area is 157 Å². The highest BCUT2D eigenvalue weighted by atomic mass is 16.2. The molecule has 7 heteroatoms. The molecule has 138 valence electrons. The Kier molecular flexibility index (Phi) is 6.30. The fourth-order valence-electron chi connectivity index (χ4n) is 2.56. The fraction of sp³-hybridized carbons (Fsp3) is 0.200. The molecule has 0 saturated carbocycles. The first-order chi connectivity index (χ1) is 13.2. The Balaban J connectivity index is 1.43. The number of carbonyl (C=O) groups excluding carboxylic acids is 2. The first-order valence-electron chi connectivity index (χ1n) is 8.75. The standard InChI is InChI=1S/C20H21N5O2/c26-19(7-4-12-25-15-21-14-23-25)24-18-10-8-17(9-11-18)20(27)22-13-16-5-2-1-3-6-16/h1-3,5-6,8-11,14-15H,4,7,12-13H2,(H,22,27)(H,24,26). The van der Waals surface area contributed by atoms with Crippen LogP contribution in [0.15, 0.2) is 67.3 Å². The molecule has 1 aromatic heterocycles. The Morgan fingerprint density at radius 1 is 1.00 bits per heavy atom. The van der Waals surface area contributed by atoms with Gasteiger partial charge in [-0.1, -0.05) is 30.3 Å². The van der Waals surface area contributed by atoms with Gasteiger partial charge in [0, 0.05) is 30.8 Å². The second-order valence-corrected chi connectivity index (χ2v) is 6.06. The zero-order chi connectivity index (χ0) is 18.9. The van der Waals surface area contributed by atoms with Crippen LogP contribution in [0.3, 0.4) is 0 Å². The Hall–Kier alpha value is -3.48. The summed E-state index contributed by atoms with van der Waals surface area (Å²) < 4.78 is 1.69. The average Bonchev–Trinajstić information content (AvgIpc) is 3.21. The molecule has 0 aliphatic heterocycles. The third-order valence-corrected chi connectivity index (χ3v) is 3.98. The number of nitrogens with zero attached hydrogens (tertiary/aromatic N) is 3. The molecule has 0 fully saturated rings. The topological polar surface area (TPSA) is 88.9 Å². The summed E-state index contributed by atoms with van der Waals surface area (Å²) in [6, 6.07) is 16.6. The van der Waals surface area contributed by atoms with Gasteiger partial charge in [0.25, 0.3) is 5.91 Å². The SMILES string of the molecule is O=C(CCCn1cncn1)Nc1ccc(C(=O)NCc2ccccc2)cc1. The van der Waals surface area contributed by atoms with Crippen LogP contribution in [0.1, 0.15) is 28.8 Å². The van der Waals surface area contributed by atoms with Crippen LogP contribution in [-0.4, -0.2) is 26.6 Å². The maximum Gasteiger partial charge on any atom is 0.251 e. The first kappa shape index (κ1) is 18.3. The van der Waals surface area contributed by atoms with E-state index in [-0.39, 0.29) is 11.8 Å². The van der Waals surface area contributed by atoms with Gasteiger partial charge in [0.15, 0.2) is 0 Å². The van der Waals surface area contributed by atoms with Crippen molar-refractivity contribution in [1.82, 2.24) is 20.1 Å². The number of carbonyl (C=O) groups is 2. The van der Waals surface area contributed by atoms with E-state index in [4.69, 9.17) is 0 Å². The van der Waals surface area contributed by atoms with E-state index >= 15 is 0 Å². The van der Waals surface area contributed by atoms with E-state index in [1.54, 1.807) is 35.3 Å². The van der Waals surface area contributed by atoms with E-state index < -0.39 is 0 Å². The van der Waals surface area contributed by atoms with Crippen LogP contribution in [0.25, 0.3) is 0 Å². The molecule has 0 bridgehead atoms.